The standard InChI is InChI=1S/C38H41NO5Si/c1-38(2,3)45(32-20-12-6-13-21-32,33-22-14-7-15-23-33)44-28-31-24-25-34(39-31)35(36(40)42-26-29-16-8-4-9-17-29)37(41)43-27-30-18-10-5-11-19-30/h4-23,31,39H,24-28H2,1-3H3/t31-/m1/s1. The van der Waals surface area contributed by atoms with Crippen molar-refractivity contribution in [2.45, 2.75) is 57.9 Å². The van der Waals surface area contributed by atoms with E-state index in [2.05, 4.69) is 74.6 Å². The van der Waals surface area contributed by atoms with Crippen LogP contribution in [-0.2, 0) is 36.7 Å². The molecule has 1 heterocycles. The highest BCUT2D eigenvalue weighted by atomic mass is 28.4. The lowest BCUT2D eigenvalue weighted by atomic mass is 10.1. The molecule has 232 valence electrons. The number of carbonyl (C=O) groups is 2. The molecule has 5 rings (SSSR count). The molecule has 45 heavy (non-hydrogen) atoms. The van der Waals surface area contributed by atoms with Crippen molar-refractivity contribution < 1.29 is 23.5 Å². The fraction of sp³-hybridized carbons (Fsp3) is 0.263. The van der Waals surface area contributed by atoms with Gasteiger partial charge in [0, 0.05) is 11.7 Å². The van der Waals surface area contributed by atoms with Crippen LogP contribution in [0, 0.1) is 0 Å². The molecule has 4 aromatic rings. The summed E-state index contributed by atoms with van der Waals surface area (Å²) in [6.07, 6.45) is 1.21. The Kier molecular flexibility index (Phi) is 10.3. The van der Waals surface area contributed by atoms with Gasteiger partial charge in [-0.3, -0.25) is 0 Å². The maximum atomic E-state index is 13.4. The average Bonchev–Trinajstić information content (AvgIpc) is 3.53. The first-order valence-electron chi connectivity index (χ1n) is 15.4. The third kappa shape index (κ3) is 7.61. The molecule has 1 aliphatic heterocycles. The monoisotopic (exact) mass is 619 g/mol. The van der Waals surface area contributed by atoms with E-state index in [-0.39, 0.29) is 29.9 Å². The summed E-state index contributed by atoms with van der Waals surface area (Å²) in [5.74, 6) is -1.40. The number of hydrogen-bond acceptors (Lipinski definition) is 6. The zero-order chi connectivity index (χ0) is 31.7. The van der Waals surface area contributed by atoms with Gasteiger partial charge in [-0.1, -0.05) is 142 Å². The van der Waals surface area contributed by atoms with Crippen LogP contribution in [0.3, 0.4) is 0 Å². The number of benzene rings is 4. The summed E-state index contributed by atoms with van der Waals surface area (Å²) in [6.45, 7) is 7.27. The van der Waals surface area contributed by atoms with Crippen molar-refractivity contribution in [1.29, 1.82) is 0 Å². The minimum absolute atomic E-state index is 0.0583. The maximum Gasteiger partial charge on any atom is 0.347 e. The summed E-state index contributed by atoms with van der Waals surface area (Å²) in [5.41, 5.74) is 2.12. The van der Waals surface area contributed by atoms with Crippen molar-refractivity contribution >= 4 is 30.6 Å². The molecule has 7 heteroatoms. The highest BCUT2D eigenvalue weighted by Gasteiger charge is 2.50. The van der Waals surface area contributed by atoms with Crippen LogP contribution in [0.1, 0.15) is 44.7 Å². The summed E-state index contributed by atoms with van der Waals surface area (Å²) in [7, 11) is -2.75. The summed E-state index contributed by atoms with van der Waals surface area (Å²) in [4.78, 5) is 26.9. The second-order valence-corrected chi connectivity index (χ2v) is 16.6. The Balaban J connectivity index is 1.38. The Morgan fingerprint density at radius 2 is 1.11 bits per heavy atom. The lowest BCUT2D eigenvalue weighted by molar-refractivity contribution is -0.148. The number of nitrogens with one attached hydrogen (secondary N) is 1. The second-order valence-electron chi connectivity index (χ2n) is 12.3. The van der Waals surface area contributed by atoms with E-state index in [9.17, 15) is 9.59 Å². The van der Waals surface area contributed by atoms with Gasteiger partial charge < -0.3 is 19.2 Å². The van der Waals surface area contributed by atoms with Gasteiger partial charge in [-0.05, 0) is 39.4 Å². The van der Waals surface area contributed by atoms with E-state index in [1.54, 1.807) is 0 Å². The molecular formula is C38H41NO5Si. The van der Waals surface area contributed by atoms with Gasteiger partial charge in [0.2, 0.25) is 0 Å². The third-order valence-corrected chi connectivity index (χ3v) is 13.2. The SMILES string of the molecule is CC(C)(C)[Si](OC[C@H]1CCC(=C(C(=O)OCc2ccccc2)C(=O)OCc2ccccc2)N1)(c1ccccc1)c1ccccc1. The molecule has 0 amide bonds. The molecule has 0 bridgehead atoms. The molecular weight excluding hydrogens is 579 g/mol. The minimum atomic E-state index is -2.75. The Bertz CT molecular complexity index is 1490. The molecule has 0 spiro atoms. The number of carbonyl (C=O) groups excluding carboxylic acids is 2. The van der Waals surface area contributed by atoms with E-state index < -0.39 is 20.3 Å². The minimum Gasteiger partial charge on any atom is -0.457 e. The fourth-order valence-electron chi connectivity index (χ4n) is 5.94. The predicted octanol–water partition coefficient (Wildman–Crippen LogP) is 6.06. The van der Waals surface area contributed by atoms with Crippen LogP contribution in [0.25, 0.3) is 0 Å². The largest absolute Gasteiger partial charge is 0.457 e. The first-order chi connectivity index (χ1) is 21.8. The molecule has 1 N–H and O–H groups in total. The zero-order valence-corrected chi connectivity index (χ0v) is 27.2. The summed E-state index contributed by atoms with van der Waals surface area (Å²) >= 11 is 0. The van der Waals surface area contributed by atoms with Crippen molar-refractivity contribution in [3.63, 3.8) is 0 Å². The zero-order valence-electron chi connectivity index (χ0n) is 26.2. The molecule has 0 aromatic heterocycles. The van der Waals surface area contributed by atoms with E-state index in [4.69, 9.17) is 13.9 Å². The van der Waals surface area contributed by atoms with Gasteiger partial charge in [-0.2, -0.15) is 0 Å². The van der Waals surface area contributed by atoms with Gasteiger partial charge in [0.15, 0.2) is 5.57 Å². The topological polar surface area (TPSA) is 73.9 Å². The van der Waals surface area contributed by atoms with E-state index >= 15 is 0 Å². The Morgan fingerprint density at radius 1 is 0.689 bits per heavy atom. The molecule has 0 saturated carbocycles. The Hall–Kier alpha value is -4.46. The van der Waals surface area contributed by atoms with E-state index in [1.807, 2.05) is 72.8 Å². The lowest BCUT2D eigenvalue weighted by Crippen LogP contribution is -2.67. The maximum absolute atomic E-state index is 13.4. The van der Waals surface area contributed by atoms with Crippen molar-refractivity contribution in [2.75, 3.05) is 6.61 Å². The molecule has 4 aromatic carbocycles. The summed E-state index contributed by atoms with van der Waals surface area (Å²) < 4.78 is 18.4. The fourth-order valence-corrected chi connectivity index (χ4v) is 10.5. The second kappa shape index (κ2) is 14.5. The van der Waals surface area contributed by atoms with Crippen LogP contribution < -0.4 is 15.7 Å². The quantitative estimate of drug-likeness (QED) is 0.0724. The molecule has 0 radical (unpaired) electrons. The molecule has 1 saturated heterocycles. The van der Waals surface area contributed by atoms with E-state index in [1.165, 1.54) is 10.4 Å². The highest BCUT2D eigenvalue weighted by Crippen LogP contribution is 2.37. The van der Waals surface area contributed by atoms with Gasteiger partial charge in [-0.25, -0.2) is 9.59 Å². The first kappa shape index (κ1) is 31.9. The molecule has 0 aliphatic carbocycles. The summed E-state index contributed by atoms with van der Waals surface area (Å²) in [6, 6.07) is 39.7. The molecule has 6 nitrogen and oxygen atoms in total. The van der Waals surface area contributed by atoms with E-state index in [0.29, 0.717) is 25.1 Å². The van der Waals surface area contributed by atoms with Crippen LogP contribution in [0.15, 0.2) is 133 Å². The highest BCUT2D eigenvalue weighted by molar-refractivity contribution is 6.99. The van der Waals surface area contributed by atoms with Gasteiger partial charge in [0.1, 0.15) is 13.2 Å². The summed E-state index contributed by atoms with van der Waals surface area (Å²) in [5, 5.41) is 5.69. The van der Waals surface area contributed by atoms with Gasteiger partial charge in [0.05, 0.1) is 6.61 Å². The van der Waals surface area contributed by atoms with Gasteiger partial charge >= 0.3 is 11.9 Å². The van der Waals surface area contributed by atoms with Crippen LogP contribution in [0.5, 0.6) is 0 Å². The van der Waals surface area contributed by atoms with Gasteiger partial charge in [0.25, 0.3) is 8.32 Å². The Labute approximate surface area is 267 Å². The van der Waals surface area contributed by atoms with Crippen LogP contribution >= 0.6 is 0 Å². The molecule has 1 aliphatic rings. The van der Waals surface area contributed by atoms with Crippen molar-refractivity contribution in [2.24, 2.45) is 0 Å². The number of hydrogen-bond donors (Lipinski definition) is 1. The molecule has 0 unspecified atom stereocenters. The third-order valence-electron chi connectivity index (χ3n) is 8.17. The van der Waals surface area contributed by atoms with Gasteiger partial charge in [-0.15, -0.1) is 0 Å². The number of allylic oxidation sites excluding steroid dienone is 1. The predicted molar refractivity (Wildman–Crippen MR) is 179 cm³/mol. The van der Waals surface area contributed by atoms with Crippen LogP contribution in [-0.4, -0.2) is 32.9 Å². The number of rotatable bonds is 11. The van der Waals surface area contributed by atoms with Crippen LogP contribution in [0.2, 0.25) is 5.04 Å². The van der Waals surface area contributed by atoms with Crippen molar-refractivity contribution in [1.82, 2.24) is 5.32 Å². The first-order valence-corrected chi connectivity index (χ1v) is 17.4. The van der Waals surface area contributed by atoms with E-state index in [0.717, 1.165) is 11.1 Å². The van der Waals surface area contributed by atoms with Crippen LogP contribution in [0.4, 0.5) is 0 Å². The van der Waals surface area contributed by atoms with Crippen molar-refractivity contribution in [3.05, 3.63) is 144 Å². The number of esters is 2. The smallest absolute Gasteiger partial charge is 0.347 e. The molecule has 1 atom stereocenters. The lowest BCUT2D eigenvalue weighted by Gasteiger charge is -2.43. The Morgan fingerprint density at radius 3 is 1.53 bits per heavy atom. The normalized spacial score (nSPS) is 14.8. The van der Waals surface area contributed by atoms with Crippen molar-refractivity contribution in [3.8, 4) is 0 Å². The molecule has 1 fully saturated rings. The number of ether oxygens (including phenoxy) is 2. The average molecular weight is 620 g/mol.